The van der Waals surface area contributed by atoms with Gasteiger partial charge < -0.3 is 14.5 Å². The van der Waals surface area contributed by atoms with E-state index >= 15 is 0 Å². The Bertz CT molecular complexity index is 570. The zero-order chi connectivity index (χ0) is 13.7. The van der Waals surface area contributed by atoms with Gasteiger partial charge in [0, 0.05) is 12.1 Å². The Morgan fingerprint density at radius 2 is 2.26 bits per heavy atom. The summed E-state index contributed by atoms with van der Waals surface area (Å²) in [7, 11) is 1.63. The number of nitrogens with zero attached hydrogens (tertiary/aromatic N) is 1. The maximum Gasteiger partial charge on any atom is 0.123 e. The van der Waals surface area contributed by atoms with Crippen molar-refractivity contribution in [2.75, 3.05) is 7.11 Å². The molecule has 1 aromatic heterocycles. The highest BCUT2D eigenvalue weighted by Gasteiger charge is 2.10. The quantitative estimate of drug-likeness (QED) is 0.893. The van der Waals surface area contributed by atoms with Gasteiger partial charge in [-0.15, -0.1) is 0 Å². The Kier molecular flexibility index (Phi) is 4.22. The monoisotopic (exact) mass is 256 g/mol. The first-order valence-corrected chi connectivity index (χ1v) is 6.08. The number of rotatable bonds is 5. The van der Waals surface area contributed by atoms with Crippen LogP contribution in [0.1, 0.15) is 29.9 Å². The van der Waals surface area contributed by atoms with E-state index in [9.17, 15) is 0 Å². The predicted molar refractivity (Wildman–Crippen MR) is 71.7 cm³/mol. The molecule has 0 saturated heterocycles. The molecule has 0 aliphatic heterocycles. The van der Waals surface area contributed by atoms with Gasteiger partial charge in [-0.05, 0) is 37.3 Å². The Labute approximate surface area is 112 Å². The molecule has 98 valence electrons. The predicted octanol–water partition coefficient (Wildman–Crippen LogP) is 3.01. The molecule has 1 aromatic carbocycles. The van der Waals surface area contributed by atoms with Gasteiger partial charge in [0.2, 0.25) is 0 Å². The molecule has 0 fully saturated rings. The zero-order valence-corrected chi connectivity index (χ0v) is 11.0. The van der Waals surface area contributed by atoms with E-state index in [1.54, 1.807) is 19.4 Å². The molecular formula is C15H16N2O2. The summed E-state index contributed by atoms with van der Waals surface area (Å²) in [6, 6.07) is 11.4. The first-order chi connectivity index (χ1) is 9.24. The maximum atomic E-state index is 8.93. The molecule has 1 atom stereocenters. The van der Waals surface area contributed by atoms with E-state index in [2.05, 4.69) is 11.4 Å². The number of ether oxygens (including phenoxy) is 1. The summed E-state index contributed by atoms with van der Waals surface area (Å²) in [5.74, 6) is 1.66. The molecule has 4 nitrogen and oxygen atoms in total. The molecule has 0 amide bonds. The van der Waals surface area contributed by atoms with Gasteiger partial charge in [-0.3, -0.25) is 0 Å². The van der Waals surface area contributed by atoms with E-state index in [1.807, 2.05) is 31.2 Å². The molecule has 0 saturated carbocycles. The van der Waals surface area contributed by atoms with Crippen molar-refractivity contribution in [3.8, 4) is 11.8 Å². The smallest absolute Gasteiger partial charge is 0.123 e. The summed E-state index contributed by atoms with van der Waals surface area (Å²) >= 11 is 0. The van der Waals surface area contributed by atoms with Crippen molar-refractivity contribution in [1.82, 2.24) is 5.32 Å². The van der Waals surface area contributed by atoms with Gasteiger partial charge in [-0.25, -0.2) is 0 Å². The van der Waals surface area contributed by atoms with Gasteiger partial charge in [-0.1, -0.05) is 0 Å². The molecule has 2 aromatic rings. The topological polar surface area (TPSA) is 58.2 Å². The lowest BCUT2D eigenvalue weighted by atomic mass is 10.1. The molecule has 4 heteroatoms. The van der Waals surface area contributed by atoms with Crippen molar-refractivity contribution in [2.45, 2.75) is 19.5 Å². The lowest BCUT2D eigenvalue weighted by molar-refractivity contribution is 0.399. The molecule has 0 aliphatic rings. The van der Waals surface area contributed by atoms with Crippen LogP contribution in [-0.2, 0) is 6.54 Å². The third-order valence-corrected chi connectivity index (χ3v) is 2.98. The molecule has 1 N–H and O–H groups in total. The standard InChI is InChI=1S/C15H16N2O2/c1-11(14-4-3-7-19-14)17-10-13-8-12(9-16)5-6-15(13)18-2/h3-8,11,17H,10H2,1-2H3/t11-/m1/s1. The highest BCUT2D eigenvalue weighted by atomic mass is 16.5. The minimum absolute atomic E-state index is 0.102. The van der Waals surface area contributed by atoms with Crippen LogP contribution in [0.4, 0.5) is 0 Å². The third kappa shape index (κ3) is 3.15. The van der Waals surface area contributed by atoms with Crippen LogP contribution in [0.2, 0.25) is 0 Å². The summed E-state index contributed by atoms with van der Waals surface area (Å²) in [5.41, 5.74) is 1.59. The van der Waals surface area contributed by atoms with Crippen LogP contribution >= 0.6 is 0 Å². The first kappa shape index (κ1) is 13.2. The second kappa shape index (κ2) is 6.07. The van der Waals surface area contributed by atoms with Gasteiger partial charge in [0.05, 0.1) is 31.0 Å². The summed E-state index contributed by atoms with van der Waals surface area (Å²) in [5, 5.41) is 12.3. The van der Waals surface area contributed by atoms with Crippen molar-refractivity contribution in [1.29, 1.82) is 5.26 Å². The van der Waals surface area contributed by atoms with Crippen LogP contribution in [0.15, 0.2) is 41.0 Å². The van der Waals surface area contributed by atoms with E-state index < -0.39 is 0 Å². The fourth-order valence-corrected chi connectivity index (χ4v) is 1.89. The van der Waals surface area contributed by atoms with Gasteiger partial charge in [-0.2, -0.15) is 5.26 Å². The second-order valence-electron chi connectivity index (χ2n) is 4.26. The van der Waals surface area contributed by atoms with Crippen molar-refractivity contribution in [3.05, 3.63) is 53.5 Å². The summed E-state index contributed by atoms with van der Waals surface area (Å²) < 4.78 is 10.6. The van der Waals surface area contributed by atoms with Crippen molar-refractivity contribution >= 4 is 0 Å². The van der Waals surface area contributed by atoms with E-state index in [0.29, 0.717) is 12.1 Å². The zero-order valence-electron chi connectivity index (χ0n) is 11.0. The molecule has 0 radical (unpaired) electrons. The maximum absolute atomic E-state index is 8.93. The molecule has 1 heterocycles. The van der Waals surface area contributed by atoms with Crippen LogP contribution in [0, 0.1) is 11.3 Å². The van der Waals surface area contributed by atoms with E-state index in [-0.39, 0.29) is 6.04 Å². The Morgan fingerprint density at radius 3 is 2.89 bits per heavy atom. The Balaban J connectivity index is 2.08. The lowest BCUT2D eigenvalue weighted by Gasteiger charge is -2.13. The second-order valence-corrected chi connectivity index (χ2v) is 4.26. The summed E-state index contributed by atoms with van der Waals surface area (Å²) in [4.78, 5) is 0. The molecule has 0 aliphatic carbocycles. The van der Waals surface area contributed by atoms with Crippen LogP contribution in [0.5, 0.6) is 5.75 Å². The number of hydrogen-bond donors (Lipinski definition) is 1. The van der Waals surface area contributed by atoms with Crippen LogP contribution in [0.25, 0.3) is 0 Å². The SMILES string of the molecule is COc1ccc(C#N)cc1CN[C@H](C)c1ccco1. The number of benzene rings is 1. The number of nitriles is 1. The molecular weight excluding hydrogens is 240 g/mol. The van der Waals surface area contributed by atoms with E-state index in [1.165, 1.54) is 0 Å². The molecule has 0 bridgehead atoms. The fraction of sp³-hybridized carbons (Fsp3) is 0.267. The lowest BCUT2D eigenvalue weighted by Crippen LogP contribution is -2.18. The largest absolute Gasteiger partial charge is 0.496 e. The highest BCUT2D eigenvalue weighted by molar-refractivity contribution is 5.42. The van der Waals surface area contributed by atoms with Gasteiger partial charge in [0.15, 0.2) is 0 Å². The molecule has 19 heavy (non-hydrogen) atoms. The minimum atomic E-state index is 0.102. The third-order valence-electron chi connectivity index (χ3n) is 2.98. The van der Waals surface area contributed by atoms with Crippen LogP contribution in [-0.4, -0.2) is 7.11 Å². The van der Waals surface area contributed by atoms with E-state index in [4.69, 9.17) is 14.4 Å². The van der Waals surface area contributed by atoms with Crippen molar-refractivity contribution in [2.24, 2.45) is 0 Å². The number of hydrogen-bond acceptors (Lipinski definition) is 4. The van der Waals surface area contributed by atoms with Crippen molar-refractivity contribution in [3.63, 3.8) is 0 Å². The minimum Gasteiger partial charge on any atom is -0.496 e. The highest BCUT2D eigenvalue weighted by Crippen LogP contribution is 2.21. The fourth-order valence-electron chi connectivity index (χ4n) is 1.89. The number of methoxy groups -OCH3 is 1. The normalized spacial score (nSPS) is 11.8. The Morgan fingerprint density at radius 1 is 1.42 bits per heavy atom. The first-order valence-electron chi connectivity index (χ1n) is 6.08. The van der Waals surface area contributed by atoms with Crippen LogP contribution in [0.3, 0.4) is 0 Å². The van der Waals surface area contributed by atoms with Gasteiger partial charge in [0.1, 0.15) is 11.5 Å². The molecule has 2 rings (SSSR count). The van der Waals surface area contributed by atoms with Crippen molar-refractivity contribution < 1.29 is 9.15 Å². The number of nitrogens with one attached hydrogen (secondary N) is 1. The summed E-state index contributed by atoms with van der Waals surface area (Å²) in [6.45, 7) is 2.64. The molecule has 0 spiro atoms. The average molecular weight is 256 g/mol. The van der Waals surface area contributed by atoms with Gasteiger partial charge in [0.25, 0.3) is 0 Å². The number of furan rings is 1. The Hall–Kier alpha value is -2.25. The molecule has 0 unspecified atom stereocenters. The van der Waals surface area contributed by atoms with E-state index in [0.717, 1.165) is 17.1 Å². The average Bonchev–Trinajstić information content (AvgIpc) is 2.98. The van der Waals surface area contributed by atoms with Crippen LogP contribution < -0.4 is 10.1 Å². The van der Waals surface area contributed by atoms with Gasteiger partial charge >= 0.3 is 0 Å². The summed E-state index contributed by atoms with van der Waals surface area (Å²) in [6.07, 6.45) is 1.66.